The van der Waals surface area contributed by atoms with Crippen LogP contribution in [0.5, 0.6) is 0 Å². The molecule has 2 N–H and O–H groups in total. The molecular formula is C19H18ClIN6. The summed E-state index contributed by atoms with van der Waals surface area (Å²) in [4.78, 5) is 15.6. The third-order valence-electron chi connectivity index (χ3n) is 3.78. The van der Waals surface area contributed by atoms with Gasteiger partial charge in [-0.2, -0.15) is 4.98 Å². The summed E-state index contributed by atoms with van der Waals surface area (Å²) < 4.78 is 0. The molecule has 0 amide bonds. The first-order valence-electron chi connectivity index (χ1n) is 8.17. The fourth-order valence-corrected chi connectivity index (χ4v) is 2.69. The van der Waals surface area contributed by atoms with Gasteiger partial charge in [0.25, 0.3) is 0 Å². The molecule has 0 atom stereocenters. The lowest BCUT2D eigenvalue weighted by atomic mass is 10.1. The van der Waals surface area contributed by atoms with Gasteiger partial charge >= 0.3 is 0 Å². The Morgan fingerprint density at radius 3 is 2.37 bits per heavy atom. The number of rotatable bonds is 3. The quantitative estimate of drug-likeness (QED) is 0.292. The Bertz CT molecular complexity index is 1060. The van der Waals surface area contributed by atoms with Crippen LogP contribution in [0.25, 0.3) is 22.3 Å². The van der Waals surface area contributed by atoms with Gasteiger partial charge in [-0.05, 0) is 60.7 Å². The number of hydrogen-bond acceptors (Lipinski definition) is 5. The van der Waals surface area contributed by atoms with E-state index in [0.717, 1.165) is 27.9 Å². The van der Waals surface area contributed by atoms with E-state index in [9.17, 15) is 0 Å². The molecule has 0 bridgehead atoms. The number of aromatic amines is 1. The van der Waals surface area contributed by atoms with Crippen LogP contribution in [-0.4, -0.2) is 30.1 Å². The molecule has 0 aliphatic rings. The second-order valence-electron chi connectivity index (χ2n) is 5.79. The third-order valence-corrected chi connectivity index (χ3v) is 4.03. The lowest BCUT2D eigenvalue weighted by molar-refractivity contribution is 1.04. The first-order chi connectivity index (χ1) is 13.1. The molecule has 2 heterocycles. The third kappa shape index (κ3) is 4.54. The monoisotopic (exact) mass is 492 g/mol. The minimum Gasteiger partial charge on any atom is -0.307 e. The highest BCUT2D eigenvalue weighted by Crippen LogP contribution is 2.27. The molecule has 0 saturated carbocycles. The number of H-pyrrole nitrogens is 1. The molecule has 2 aromatic carbocycles. The maximum absolute atomic E-state index is 5.98. The number of fused-ring (bicyclic) bond motifs is 1. The van der Waals surface area contributed by atoms with Crippen LogP contribution in [0.15, 0.2) is 42.5 Å². The molecule has 0 aliphatic carbocycles. The second kappa shape index (κ2) is 8.62. The smallest absolute Gasteiger partial charge is 0.247 e. The largest absolute Gasteiger partial charge is 0.307 e. The number of nitrogens with zero attached hydrogens (tertiary/aromatic N) is 4. The molecule has 0 saturated heterocycles. The van der Waals surface area contributed by atoms with Crippen molar-refractivity contribution in [3.05, 3.63) is 58.9 Å². The van der Waals surface area contributed by atoms with Crippen molar-refractivity contribution in [3.8, 4) is 11.4 Å². The maximum Gasteiger partial charge on any atom is 0.247 e. The standard InChI is InChI=1S/C18H15ClN6.CH3I/c1-10-3-8-14-15(9-10)21-16(12-4-6-13(19)7-5-12)22-17(14)23-18-20-11(2)24-25-18;1-2/h3-9H,1-2H3,(H2,20,21,22,23,24,25);1H3. The van der Waals surface area contributed by atoms with Gasteiger partial charge in [0.05, 0.1) is 5.52 Å². The molecule has 0 spiro atoms. The highest BCUT2D eigenvalue weighted by molar-refractivity contribution is 14.1. The summed E-state index contributed by atoms with van der Waals surface area (Å²) in [5, 5.41) is 11.7. The highest BCUT2D eigenvalue weighted by Gasteiger charge is 2.12. The summed E-state index contributed by atoms with van der Waals surface area (Å²) in [5.41, 5.74) is 2.88. The number of benzene rings is 2. The van der Waals surface area contributed by atoms with Crippen LogP contribution in [0, 0.1) is 13.8 Å². The van der Waals surface area contributed by atoms with Crippen molar-refractivity contribution in [1.82, 2.24) is 25.1 Å². The summed E-state index contributed by atoms with van der Waals surface area (Å²) in [6.45, 7) is 3.88. The predicted octanol–water partition coefficient (Wildman–Crippen LogP) is 5.48. The molecular weight excluding hydrogens is 475 g/mol. The molecule has 6 nitrogen and oxygen atoms in total. The molecule has 2 aromatic heterocycles. The molecule has 8 heteroatoms. The van der Waals surface area contributed by atoms with Crippen molar-refractivity contribution in [2.24, 2.45) is 0 Å². The summed E-state index contributed by atoms with van der Waals surface area (Å²) in [6, 6.07) is 13.5. The van der Waals surface area contributed by atoms with Gasteiger partial charge in [-0.15, -0.1) is 5.10 Å². The summed E-state index contributed by atoms with van der Waals surface area (Å²) in [6.07, 6.45) is 0. The SMILES string of the molecule is CI.Cc1ccc2c(Nc3n[nH]c(C)n3)nc(-c3ccc(Cl)cc3)nc2c1. The van der Waals surface area contributed by atoms with Crippen molar-refractivity contribution < 1.29 is 0 Å². The van der Waals surface area contributed by atoms with Gasteiger partial charge in [-0.1, -0.05) is 40.3 Å². The number of nitrogens with one attached hydrogen (secondary N) is 2. The van der Waals surface area contributed by atoms with E-state index in [0.29, 0.717) is 22.6 Å². The molecule has 138 valence electrons. The fraction of sp³-hybridized carbons (Fsp3) is 0.158. The van der Waals surface area contributed by atoms with E-state index in [4.69, 9.17) is 16.6 Å². The minimum atomic E-state index is 0.472. The van der Waals surface area contributed by atoms with E-state index in [2.05, 4.69) is 48.1 Å². The van der Waals surface area contributed by atoms with Gasteiger partial charge in [-0.25, -0.2) is 9.97 Å². The number of anilines is 2. The summed E-state index contributed by atoms with van der Waals surface area (Å²) in [5.74, 6) is 2.48. The summed E-state index contributed by atoms with van der Waals surface area (Å²) >= 11 is 8.13. The van der Waals surface area contributed by atoms with Crippen molar-refractivity contribution in [2.75, 3.05) is 10.2 Å². The molecule has 0 fully saturated rings. The van der Waals surface area contributed by atoms with E-state index in [1.54, 1.807) is 0 Å². The Hall–Kier alpha value is -2.26. The molecule has 0 unspecified atom stereocenters. The predicted molar refractivity (Wildman–Crippen MR) is 119 cm³/mol. The van der Waals surface area contributed by atoms with E-state index in [1.807, 2.05) is 61.2 Å². The van der Waals surface area contributed by atoms with Gasteiger partial charge < -0.3 is 5.32 Å². The van der Waals surface area contributed by atoms with E-state index >= 15 is 0 Å². The average molecular weight is 493 g/mol. The van der Waals surface area contributed by atoms with Crippen LogP contribution >= 0.6 is 34.2 Å². The fourth-order valence-electron chi connectivity index (χ4n) is 2.57. The van der Waals surface area contributed by atoms with Crippen LogP contribution in [0.2, 0.25) is 5.02 Å². The highest BCUT2D eigenvalue weighted by atomic mass is 127. The molecule has 0 radical (unpaired) electrons. The van der Waals surface area contributed by atoms with Crippen molar-refractivity contribution in [1.29, 1.82) is 0 Å². The van der Waals surface area contributed by atoms with Gasteiger partial charge in [0.1, 0.15) is 11.6 Å². The first kappa shape index (κ1) is 19.5. The molecule has 4 rings (SSSR count). The van der Waals surface area contributed by atoms with Crippen LogP contribution in [0.4, 0.5) is 11.8 Å². The first-order valence-corrected chi connectivity index (χ1v) is 10.7. The maximum atomic E-state index is 5.98. The Morgan fingerprint density at radius 1 is 0.963 bits per heavy atom. The van der Waals surface area contributed by atoms with Crippen LogP contribution in [-0.2, 0) is 0 Å². The average Bonchev–Trinajstić information content (AvgIpc) is 3.08. The van der Waals surface area contributed by atoms with Crippen LogP contribution in [0.1, 0.15) is 11.4 Å². The van der Waals surface area contributed by atoms with Crippen molar-refractivity contribution >= 4 is 56.9 Å². The number of hydrogen-bond donors (Lipinski definition) is 2. The zero-order chi connectivity index (χ0) is 19.4. The normalized spacial score (nSPS) is 10.4. The van der Waals surface area contributed by atoms with Gasteiger partial charge in [-0.3, -0.25) is 5.10 Å². The van der Waals surface area contributed by atoms with E-state index in [1.165, 1.54) is 0 Å². The zero-order valence-corrected chi connectivity index (χ0v) is 18.0. The Kier molecular flexibility index (Phi) is 6.22. The molecule has 4 aromatic rings. The minimum absolute atomic E-state index is 0.472. The topological polar surface area (TPSA) is 79.4 Å². The number of aromatic nitrogens is 5. The van der Waals surface area contributed by atoms with Gasteiger partial charge in [0.2, 0.25) is 5.95 Å². The lowest BCUT2D eigenvalue weighted by Gasteiger charge is -2.09. The van der Waals surface area contributed by atoms with Crippen molar-refractivity contribution in [2.45, 2.75) is 13.8 Å². The van der Waals surface area contributed by atoms with Crippen molar-refractivity contribution in [3.63, 3.8) is 0 Å². The molecule has 27 heavy (non-hydrogen) atoms. The van der Waals surface area contributed by atoms with E-state index in [-0.39, 0.29) is 0 Å². The lowest BCUT2D eigenvalue weighted by Crippen LogP contribution is -2.01. The van der Waals surface area contributed by atoms with Gasteiger partial charge in [0.15, 0.2) is 5.82 Å². The number of aryl methyl sites for hydroxylation is 2. The Labute approximate surface area is 175 Å². The van der Waals surface area contributed by atoms with Crippen LogP contribution < -0.4 is 5.32 Å². The zero-order valence-electron chi connectivity index (χ0n) is 15.1. The van der Waals surface area contributed by atoms with E-state index < -0.39 is 0 Å². The summed E-state index contributed by atoms with van der Waals surface area (Å²) in [7, 11) is 0. The van der Waals surface area contributed by atoms with Gasteiger partial charge in [0, 0.05) is 16.0 Å². The Morgan fingerprint density at radius 2 is 1.70 bits per heavy atom. The number of alkyl halides is 1. The second-order valence-corrected chi connectivity index (χ2v) is 6.23. The molecule has 0 aliphatic heterocycles. The number of halogens is 2. The Balaban J connectivity index is 0.00000102. The van der Waals surface area contributed by atoms with Crippen LogP contribution in [0.3, 0.4) is 0 Å².